The topological polar surface area (TPSA) is 59.4 Å². The summed E-state index contributed by atoms with van der Waals surface area (Å²) < 4.78 is 6.24. The number of aryl methyl sites for hydroxylation is 1. The number of carboxylic acid groups (broad SMARTS) is 1. The summed E-state index contributed by atoms with van der Waals surface area (Å²) in [7, 11) is 0. The molecule has 1 aromatic carbocycles. The average Bonchev–Trinajstić information content (AvgIpc) is 2.85. The lowest BCUT2D eigenvalue weighted by atomic mass is 10.2. The molecular formula is C13H12BrNO3S. The minimum atomic E-state index is -0.959. The van der Waals surface area contributed by atoms with Crippen molar-refractivity contribution in [3.05, 3.63) is 44.3 Å². The summed E-state index contributed by atoms with van der Waals surface area (Å²) in [5.41, 5.74) is 1.11. The predicted octanol–water partition coefficient (Wildman–Crippen LogP) is 3.75. The number of hydrogen-bond donors (Lipinski definition) is 1. The largest absolute Gasteiger partial charge is 0.486 e. The molecule has 0 fully saturated rings. The summed E-state index contributed by atoms with van der Waals surface area (Å²) in [6.07, 6.45) is 0.918. The highest BCUT2D eigenvalue weighted by molar-refractivity contribution is 9.10. The third-order valence-electron chi connectivity index (χ3n) is 2.46. The van der Waals surface area contributed by atoms with E-state index in [2.05, 4.69) is 27.8 Å². The molecule has 0 aliphatic rings. The first-order valence-electron chi connectivity index (χ1n) is 5.69. The zero-order chi connectivity index (χ0) is 13.8. The molecule has 6 heteroatoms. The molecule has 1 aromatic heterocycles. The molecule has 1 heterocycles. The van der Waals surface area contributed by atoms with Gasteiger partial charge in [0.05, 0.1) is 20.7 Å². The van der Waals surface area contributed by atoms with E-state index in [1.807, 2.05) is 5.38 Å². The molecule has 0 unspecified atom stereocenters. The molecule has 0 atom stereocenters. The minimum absolute atomic E-state index is 0.223. The van der Waals surface area contributed by atoms with E-state index in [1.165, 1.54) is 12.1 Å². The number of hydrogen-bond acceptors (Lipinski definition) is 4. The van der Waals surface area contributed by atoms with Crippen molar-refractivity contribution in [3.63, 3.8) is 0 Å². The quantitative estimate of drug-likeness (QED) is 0.899. The third-order valence-corrected chi connectivity index (χ3v) is 4.12. The normalized spacial score (nSPS) is 10.4. The van der Waals surface area contributed by atoms with Crippen LogP contribution in [0.5, 0.6) is 5.75 Å². The Bertz CT molecular complexity index is 597. The fourth-order valence-corrected chi connectivity index (χ4v) is 2.70. The SMILES string of the molecule is CCc1nc(COc2ccc(C(=O)O)cc2Br)cs1. The van der Waals surface area contributed by atoms with Gasteiger partial charge < -0.3 is 9.84 Å². The summed E-state index contributed by atoms with van der Waals surface area (Å²) in [4.78, 5) is 15.2. The first-order chi connectivity index (χ1) is 9.10. The van der Waals surface area contributed by atoms with Gasteiger partial charge in [0, 0.05) is 5.38 Å². The third kappa shape index (κ3) is 3.54. The number of aromatic carboxylic acids is 1. The van der Waals surface area contributed by atoms with E-state index in [4.69, 9.17) is 9.84 Å². The lowest BCUT2D eigenvalue weighted by Gasteiger charge is -2.07. The van der Waals surface area contributed by atoms with Crippen molar-refractivity contribution in [2.75, 3.05) is 0 Å². The van der Waals surface area contributed by atoms with Crippen LogP contribution in [0.15, 0.2) is 28.1 Å². The van der Waals surface area contributed by atoms with Gasteiger partial charge >= 0.3 is 5.97 Å². The summed E-state index contributed by atoms with van der Waals surface area (Å²) in [6, 6.07) is 4.68. The second-order valence-electron chi connectivity index (χ2n) is 3.83. The van der Waals surface area contributed by atoms with E-state index in [0.29, 0.717) is 16.8 Å². The van der Waals surface area contributed by atoms with Crippen LogP contribution in [0.1, 0.15) is 28.0 Å². The molecule has 19 heavy (non-hydrogen) atoms. The Kier molecular flexibility index (Phi) is 4.55. The van der Waals surface area contributed by atoms with Crippen molar-refractivity contribution in [1.29, 1.82) is 0 Å². The molecule has 0 saturated heterocycles. The summed E-state index contributed by atoms with van der Waals surface area (Å²) in [6.45, 7) is 2.44. The van der Waals surface area contributed by atoms with E-state index in [-0.39, 0.29) is 5.56 Å². The Morgan fingerprint density at radius 2 is 2.32 bits per heavy atom. The fourth-order valence-electron chi connectivity index (χ4n) is 1.48. The molecule has 0 bridgehead atoms. The van der Waals surface area contributed by atoms with Gasteiger partial charge in [0.2, 0.25) is 0 Å². The first kappa shape index (κ1) is 14.0. The highest BCUT2D eigenvalue weighted by atomic mass is 79.9. The van der Waals surface area contributed by atoms with Crippen molar-refractivity contribution in [2.24, 2.45) is 0 Å². The molecule has 0 radical (unpaired) electrons. The van der Waals surface area contributed by atoms with Gasteiger partial charge in [0.1, 0.15) is 12.4 Å². The summed E-state index contributed by atoms with van der Waals surface area (Å²) in [5, 5.41) is 11.9. The van der Waals surface area contributed by atoms with E-state index in [1.54, 1.807) is 17.4 Å². The zero-order valence-electron chi connectivity index (χ0n) is 10.2. The summed E-state index contributed by atoms with van der Waals surface area (Å²) >= 11 is 4.92. The molecular weight excluding hydrogens is 330 g/mol. The minimum Gasteiger partial charge on any atom is -0.486 e. The first-order valence-corrected chi connectivity index (χ1v) is 7.36. The van der Waals surface area contributed by atoms with Crippen LogP contribution >= 0.6 is 27.3 Å². The number of thiazole rings is 1. The Morgan fingerprint density at radius 1 is 1.53 bits per heavy atom. The number of aromatic nitrogens is 1. The highest BCUT2D eigenvalue weighted by Gasteiger charge is 2.08. The van der Waals surface area contributed by atoms with Crippen molar-refractivity contribution in [2.45, 2.75) is 20.0 Å². The van der Waals surface area contributed by atoms with Crippen LogP contribution in [0.3, 0.4) is 0 Å². The maximum absolute atomic E-state index is 10.8. The van der Waals surface area contributed by atoms with Gasteiger partial charge in [0.25, 0.3) is 0 Å². The number of halogens is 1. The van der Waals surface area contributed by atoms with Crippen LogP contribution in [-0.4, -0.2) is 16.1 Å². The van der Waals surface area contributed by atoms with Gasteiger partial charge in [-0.1, -0.05) is 6.92 Å². The Balaban J connectivity index is 2.05. The Morgan fingerprint density at radius 3 is 2.89 bits per heavy atom. The van der Waals surface area contributed by atoms with Crippen LogP contribution in [0.2, 0.25) is 0 Å². The summed E-state index contributed by atoms with van der Waals surface area (Å²) in [5.74, 6) is -0.351. The molecule has 100 valence electrons. The van der Waals surface area contributed by atoms with E-state index in [9.17, 15) is 4.79 Å². The molecule has 2 aromatic rings. The van der Waals surface area contributed by atoms with Gasteiger partial charge in [-0.25, -0.2) is 9.78 Å². The highest BCUT2D eigenvalue weighted by Crippen LogP contribution is 2.27. The van der Waals surface area contributed by atoms with Gasteiger partial charge in [-0.05, 0) is 40.5 Å². The number of rotatable bonds is 5. The van der Waals surface area contributed by atoms with Gasteiger partial charge in [0.15, 0.2) is 0 Å². The van der Waals surface area contributed by atoms with E-state index < -0.39 is 5.97 Å². The van der Waals surface area contributed by atoms with Crippen LogP contribution < -0.4 is 4.74 Å². The Labute approximate surface area is 123 Å². The van der Waals surface area contributed by atoms with E-state index >= 15 is 0 Å². The van der Waals surface area contributed by atoms with Crippen LogP contribution in [0.4, 0.5) is 0 Å². The molecule has 2 rings (SSSR count). The number of carbonyl (C=O) groups is 1. The molecule has 0 saturated carbocycles. The van der Waals surface area contributed by atoms with Crippen molar-refractivity contribution >= 4 is 33.2 Å². The smallest absolute Gasteiger partial charge is 0.335 e. The van der Waals surface area contributed by atoms with Crippen LogP contribution in [0, 0.1) is 0 Å². The number of ether oxygens (including phenoxy) is 1. The molecule has 0 aliphatic carbocycles. The molecule has 0 amide bonds. The monoisotopic (exact) mass is 341 g/mol. The average molecular weight is 342 g/mol. The molecule has 4 nitrogen and oxygen atoms in total. The molecule has 0 spiro atoms. The van der Waals surface area contributed by atoms with E-state index in [0.717, 1.165) is 17.1 Å². The van der Waals surface area contributed by atoms with Gasteiger partial charge in [-0.3, -0.25) is 0 Å². The maximum atomic E-state index is 10.8. The number of nitrogens with zero attached hydrogens (tertiary/aromatic N) is 1. The maximum Gasteiger partial charge on any atom is 0.335 e. The van der Waals surface area contributed by atoms with Crippen molar-refractivity contribution in [1.82, 2.24) is 4.98 Å². The van der Waals surface area contributed by atoms with Crippen LogP contribution in [0.25, 0.3) is 0 Å². The standard InChI is InChI=1S/C13H12BrNO3S/c1-2-12-15-9(7-19-12)6-18-11-4-3-8(13(16)17)5-10(11)14/h3-5,7H,2,6H2,1H3,(H,16,17). The Hall–Kier alpha value is -1.40. The van der Waals surface area contributed by atoms with Crippen molar-refractivity contribution in [3.8, 4) is 5.75 Å². The zero-order valence-corrected chi connectivity index (χ0v) is 12.6. The number of benzene rings is 1. The molecule has 1 N–H and O–H groups in total. The fraction of sp³-hybridized carbons (Fsp3) is 0.231. The predicted molar refractivity (Wildman–Crippen MR) is 76.9 cm³/mol. The van der Waals surface area contributed by atoms with Gasteiger partial charge in [-0.15, -0.1) is 11.3 Å². The lowest BCUT2D eigenvalue weighted by Crippen LogP contribution is -1.99. The van der Waals surface area contributed by atoms with Crippen molar-refractivity contribution < 1.29 is 14.6 Å². The second kappa shape index (κ2) is 6.16. The van der Waals surface area contributed by atoms with Crippen LogP contribution in [-0.2, 0) is 13.0 Å². The second-order valence-corrected chi connectivity index (χ2v) is 5.62. The lowest BCUT2D eigenvalue weighted by molar-refractivity contribution is 0.0696. The van der Waals surface area contributed by atoms with Gasteiger partial charge in [-0.2, -0.15) is 0 Å². The molecule has 0 aliphatic heterocycles. The number of carboxylic acids is 1.